The average molecular weight is 603 g/mol. The molecule has 218 valence electrons. The molecule has 0 unspecified atom stereocenters. The van der Waals surface area contributed by atoms with E-state index in [0.29, 0.717) is 23.0 Å². The van der Waals surface area contributed by atoms with Gasteiger partial charge < -0.3 is 18.1 Å². The molecule has 6 nitrogen and oxygen atoms in total. The van der Waals surface area contributed by atoms with Crippen molar-refractivity contribution in [2.24, 2.45) is 0 Å². The minimum Gasteiger partial charge on any atom is -0.416 e. The highest BCUT2D eigenvalue weighted by Crippen LogP contribution is 2.45. The number of benzene rings is 5. The Bertz CT molecular complexity index is 1360. The van der Waals surface area contributed by atoms with Gasteiger partial charge in [0, 0.05) is 0 Å². The Kier molecular flexibility index (Phi) is 12.5. The lowest BCUT2D eigenvalue weighted by Gasteiger charge is -2.15. The average Bonchev–Trinajstić information content (AvgIpc) is 2.95. The van der Waals surface area contributed by atoms with Crippen LogP contribution in [0.2, 0.25) is 0 Å². The predicted octanol–water partition coefficient (Wildman–Crippen LogP) is 10.2. The molecule has 8 heteroatoms. The highest BCUT2D eigenvalue weighted by molar-refractivity contribution is 7.54. The molecule has 5 aromatic carbocycles. The van der Waals surface area contributed by atoms with Gasteiger partial charge in [-0.15, -0.1) is 0 Å². The molecule has 0 aliphatic rings. The molecule has 0 aliphatic carbocycles. The van der Waals surface area contributed by atoms with Gasteiger partial charge in [-0.1, -0.05) is 108 Å². The van der Waals surface area contributed by atoms with Crippen LogP contribution in [0.5, 0.6) is 23.0 Å². The fourth-order valence-electron chi connectivity index (χ4n) is 3.54. The van der Waals surface area contributed by atoms with E-state index in [-0.39, 0.29) is 0 Å². The Hall–Kier alpha value is -4.24. The van der Waals surface area contributed by atoms with Crippen LogP contribution in [0.25, 0.3) is 0 Å². The molecule has 0 spiro atoms. The largest absolute Gasteiger partial charge is 0.427 e. The Labute approximate surface area is 249 Å². The summed E-state index contributed by atoms with van der Waals surface area (Å²) in [5.74, 6) is 2.15. The zero-order valence-electron chi connectivity index (χ0n) is 24.2. The Morgan fingerprint density at radius 2 is 0.619 bits per heavy atom. The number of aryl methyl sites for hydroxylation is 2. The summed E-state index contributed by atoms with van der Waals surface area (Å²) in [5, 5.41) is 0. The van der Waals surface area contributed by atoms with E-state index in [1.54, 1.807) is 48.5 Å². The maximum atomic E-state index is 12.1. The molecule has 0 amide bonds. The maximum Gasteiger partial charge on any atom is 0.427 e. The lowest BCUT2D eigenvalue weighted by atomic mass is 10.2. The van der Waals surface area contributed by atoms with E-state index in [1.165, 1.54) is 24.5 Å². The summed E-state index contributed by atoms with van der Waals surface area (Å²) in [6.07, 6.45) is 0. The highest BCUT2D eigenvalue weighted by atomic mass is 31.2. The third-order valence-corrected chi connectivity index (χ3v) is 7.40. The molecule has 0 radical (unpaired) electrons. The van der Waals surface area contributed by atoms with E-state index < -0.39 is 15.2 Å². The Balaban J connectivity index is 0.000000184. The second kappa shape index (κ2) is 16.3. The van der Waals surface area contributed by atoms with Crippen molar-refractivity contribution < 1.29 is 27.2 Å². The van der Waals surface area contributed by atoms with Crippen LogP contribution in [0.3, 0.4) is 0 Å². The minimum atomic E-state index is -3.14. The van der Waals surface area contributed by atoms with Crippen LogP contribution < -0.4 is 18.1 Å². The monoisotopic (exact) mass is 602 g/mol. The van der Waals surface area contributed by atoms with E-state index >= 15 is 0 Å². The van der Waals surface area contributed by atoms with Crippen molar-refractivity contribution in [1.29, 1.82) is 0 Å². The highest BCUT2D eigenvalue weighted by Gasteiger charge is 2.21. The first-order valence-corrected chi connectivity index (χ1v) is 17.3. The fraction of sp³-hybridized carbons (Fsp3) is 0.118. The molecule has 0 saturated carbocycles. The summed E-state index contributed by atoms with van der Waals surface area (Å²) in [7, 11) is -6.27. The predicted molar refractivity (Wildman–Crippen MR) is 171 cm³/mol. The van der Waals surface area contributed by atoms with Crippen LogP contribution >= 0.6 is 15.2 Å². The van der Waals surface area contributed by atoms with Crippen molar-refractivity contribution in [3.05, 3.63) is 157 Å². The van der Waals surface area contributed by atoms with E-state index in [1.807, 2.05) is 72.8 Å². The molecule has 0 aromatic heterocycles. The summed E-state index contributed by atoms with van der Waals surface area (Å²) in [6.45, 7) is 7.11. The third-order valence-electron chi connectivity index (χ3n) is 5.23. The van der Waals surface area contributed by atoms with Crippen molar-refractivity contribution in [2.75, 3.05) is 13.3 Å². The first-order chi connectivity index (χ1) is 20.1. The van der Waals surface area contributed by atoms with Gasteiger partial charge in [0.25, 0.3) is 0 Å². The van der Waals surface area contributed by atoms with Crippen molar-refractivity contribution in [1.82, 2.24) is 0 Å². The maximum absolute atomic E-state index is 12.1. The number of hydrogen-bond donors (Lipinski definition) is 0. The molecular formula is C34H36O6P2. The molecule has 0 fully saturated rings. The lowest BCUT2D eigenvalue weighted by Crippen LogP contribution is -1.98. The van der Waals surface area contributed by atoms with Gasteiger partial charge in [0.15, 0.2) is 0 Å². The second-order valence-electron chi connectivity index (χ2n) is 9.32. The van der Waals surface area contributed by atoms with Gasteiger partial charge in [0.2, 0.25) is 0 Å². The fourth-order valence-corrected chi connectivity index (χ4v) is 5.63. The van der Waals surface area contributed by atoms with Gasteiger partial charge in [-0.2, -0.15) is 0 Å². The molecule has 5 aromatic rings. The van der Waals surface area contributed by atoms with Crippen LogP contribution in [0.4, 0.5) is 0 Å². The quantitative estimate of drug-likeness (QED) is 0.165. The Morgan fingerprint density at radius 3 is 0.810 bits per heavy atom. The van der Waals surface area contributed by atoms with Gasteiger partial charge in [-0.05, 0) is 62.4 Å². The number of rotatable bonds is 8. The van der Waals surface area contributed by atoms with E-state index in [2.05, 4.69) is 38.1 Å². The molecule has 0 bridgehead atoms. The molecule has 5 rings (SSSR count). The van der Waals surface area contributed by atoms with Crippen LogP contribution in [-0.2, 0) is 9.13 Å². The van der Waals surface area contributed by atoms with Crippen molar-refractivity contribution in [2.45, 2.75) is 13.8 Å². The summed E-state index contributed by atoms with van der Waals surface area (Å²) in [5.41, 5.74) is 2.68. The second-order valence-corrected chi connectivity index (χ2v) is 13.1. The van der Waals surface area contributed by atoms with Gasteiger partial charge in [-0.3, -0.25) is 0 Å². The zero-order valence-corrected chi connectivity index (χ0v) is 26.0. The Morgan fingerprint density at radius 1 is 0.381 bits per heavy atom. The summed E-state index contributed by atoms with van der Waals surface area (Å²) in [6, 6.07) is 44.4. The van der Waals surface area contributed by atoms with Gasteiger partial charge >= 0.3 is 15.2 Å². The SMILES string of the molecule is CP(=O)(Oc1ccccc1)Oc1ccccc1.CP(=O)(Oc1ccccc1)Oc1ccccc1.Cc1cccc(C)c1. The van der Waals surface area contributed by atoms with E-state index in [0.717, 1.165) is 0 Å². The molecule has 0 aliphatic heterocycles. The zero-order chi connectivity index (χ0) is 30.3. The molecule has 0 atom stereocenters. The first-order valence-electron chi connectivity index (χ1n) is 13.3. The third kappa shape index (κ3) is 13.0. The van der Waals surface area contributed by atoms with Crippen molar-refractivity contribution in [3.8, 4) is 23.0 Å². The number of hydrogen-bond acceptors (Lipinski definition) is 6. The minimum absolute atomic E-state index is 0.536. The molecule has 0 saturated heterocycles. The van der Waals surface area contributed by atoms with Crippen LogP contribution in [0, 0.1) is 13.8 Å². The molecule has 42 heavy (non-hydrogen) atoms. The molecular weight excluding hydrogens is 566 g/mol. The smallest absolute Gasteiger partial charge is 0.416 e. The van der Waals surface area contributed by atoms with E-state index in [4.69, 9.17) is 18.1 Å². The van der Waals surface area contributed by atoms with E-state index in [9.17, 15) is 9.13 Å². The number of para-hydroxylation sites is 4. The summed E-state index contributed by atoms with van der Waals surface area (Å²) >= 11 is 0. The standard InChI is InChI=1S/2C13H13O3P.C8H10/c2*1-17(14,15-12-8-4-2-5-9-12)16-13-10-6-3-7-11-13;1-7-4-3-5-8(2)6-7/h2*2-11H,1H3;3-6H,1-2H3. The van der Waals surface area contributed by atoms with Crippen LogP contribution in [0.15, 0.2) is 146 Å². The lowest BCUT2D eigenvalue weighted by molar-refractivity contribution is 0.392. The molecule has 0 N–H and O–H groups in total. The van der Waals surface area contributed by atoms with Gasteiger partial charge in [-0.25, -0.2) is 9.13 Å². The summed E-state index contributed by atoms with van der Waals surface area (Å²) in [4.78, 5) is 0. The van der Waals surface area contributed by atoms with Crippen LogP contribution in [-0.4, -0.2) is 13.3 Å². The van der Waals surface area contributed by atoms with Crippen LogP contribution in [0.1, 0.15) is 11.1 Å². The van der Waals surface area contributed by atoms with Gasteiger partial charge in [0.1, 0.15) is 23.0 Å². The summed E-state index contributed by atoms with van der Waals surface area (Å²) < 4.78 is 45.6. The molecule has 0 heterocycles. The van der Waals surface area contributed by atoms with Gasteiger partial charge in [0.05, 0.1) is 13.3 Å². The normalized spacial score (nSPS) is 10.6. The topological polar surface area (TPSA) is 71.1 Å². The first kappa shape index (κ1) is 32.3. The van der Waals surface area contributed by atoms with Crippen molar-refractivity contribution in [3.63, 3.8) is 0 Å². The van der Waals surface area contributed by atoms with Crippen molar-refractivity contribution >= 4 is 15.2 Å².